The van der Waals surface area contributed by atoms with Crippen molar-refractivity contribution in [2.75, 3.05) is 0 Å². The molecule has 17 heavy (non-hydrogen) atoms. The molecule has 0 spiro atoms. The summed E-state index contributed by atoms with van der Waals surface area (Å²) < 4.78 is 0. The molecule has 0 unspecified atom stereocenters. The topological polar surface area (TPSA) is 26.0 Å². The Labute approximate surface area is 102 Å². The van der Waals surface area contributed by atoms with Gasteiger partial charge in [-0.05, 0) is 33.9 Å². The van der Waals surface area contributed by atoms with Crippen LogP contribution in [0.25, 0.3) is 17.2 Å². The van der Waals surface area contributed by atoms with E-state index in [-0.39, 0.29) is 0 Å². The van der Waals surface area contributed by atoms with Gasteiger partial charge in [0.1, 0.15) is 0 Å². The molecule has 1 radical (unpaired) electrons. The van der Waals surface area contributed by atoms with Crippen molar-refractivity contribution in [3.05, 3.63) is 71.7 Å². The Balaban J connectivity index is 2.15. The van der Waals surface area contributed by atoms with Gasteiger partial charge in [-0.25, -0.2) is 0 Å². The maximum absolute atomic E-state index is 5.69. The summed E-state index contributed by atoms with van der Waals surface area (Å²) in [5.41, 5.74) is 12.0. The van der Waals surface area contributed by atoms with Gasteiger partial charge in [0.15, 0.2) is 0 Å². The highest BCUT2D eigenvalue weighted by atomic mass is 14.5. The minimum absolute atomic E-state index is 0.588. The van der Waals surface area contributed by atoms with Gasteiger partial charge in [-0.15, -0.1) is 0 Å². The van der Waals surface area contributed by atoms with Crippen LogP contribution in [-0.4, -0.2) is 0 Å². The summed E-state index contributed by atoms with van der Waals surface area (Å²) in [5.74, 6) is 0. The Morgan fingerprint density at radius 3 is 2.76 bits per heavy atom. The summed E-state index contributed by atoms with van der Waals surface area (Å²) in [6.45, 7) is 0.588. The zero-order valence-electron chi connectivity index (χ0n) is 9.56. The largest absolute Gasteiger partial charge is 0.326 e. The second-order valence-corrected chi connectivity index (χ2v) is 4.24. The van der Waals surface area contributed by atoms with Crippen molar-refractivity contribution in [2.45, 2.75) is 6.54 Å². The lowest BCUT2D eigenvalue weighted by Gasteiger charge is -2.09. The number of nitrogens with two attached hydrogens (primary N) is 1. The van der Waals surface area contributed by atoms with E-state index < -0.39 is 0 Å². The number of fused-ring (bicyclic) bond motifs is 1. The van der Waals surface area contributed by atoms with Gasteiger partial charge in [0.05, 0.1) is 0 Å². The summed E-state index contributed by atoms with van der Waals surface area (Å²) >= 11 is 0. The van der Waals surface area contributed by atoms with Crippen LogP contribution in [0.15, 0.2) is 48.5 Å². The normalized spacial score (nSPS) is 12.8. The number of hydrogen-bond acceptors (Lipinski definition) is 1. The van der Waals surface area contributed by atoms with Gasteiger partial charge in [0, 0.05) is 13.0 Å². The van der Waals surface area contributed by atoms with Crippen molar-refractivity contribution in [1.29, 1.82) is 0 Å². The summed E-state index contributed by atoms with van der Waals surface area (Å²) in [4.78, 5) is 0. The molecule has 2 aromatic carbocycles. The van der Waals surface area contributed by atoms with E-state index in [0.29, 0.717) is 6.54 Å². The summed E-state index contributed by atoms with van der Waals surface area (Å²) in [6, 6.07) is 14.9. The molecule has 83 valence electrons. The standard InChI is InChI=1S/C16H14N/c17-11-12-4-1-7-14(10-12)16-9-3-6-13-5-2-8-15(13)16/h1-10H,11,17H2. The number of benzene rings is 2. The average Bonchev–Trinajstić information content (AvgIpc) is 2.87. The summed E-state index contributed by atoms with van der Waals surface area (Å²) in [5, 5.41) is 0. The Morgan fingerprint density at radius 1 is 1.00 bits per heavy atom. The third-order valence-corrected chi connectivity index (χ3v) is 3.15. The van der Waals surface area contributed by atoms with Crippen molar-refractivity contribution < 1.29 is 0 Å². The van der Waals surface area contributed by atoms with Crippen LogP contribution in [0.2, 0.25) is 0 Å². The van der Waals surface area contributed by atoms with Crippen molar-refractivity contribution in [2.24, 2.45) is 5.73 Å². The second-order valence-electron chi connectivity index (χ2n) is 4.24. The molecular formula is C16H14N. The van der Waals surface area contributed by atoms with Crippen LogP contribution in [0.5, 0.6) is 0 Å². The third kappa shape index (κ3) is 1.79. The van der Waals surface area contributed by atoms with Gasteiger partial charge in [-0.2, -0.15) is 0 Å². The molecular weight excluding hydrogens is 206 g/mol. The monoisotopic (exact) mass is 220 g/mol. The van der Waals surface area contributed by atoms with Gasteiger partial charge in [-0.3, -0.25) is 0 Å². The Hall–Kier alpha value is -1.86. The van der Waals surface area contributed by atoms with Crippen molar-refractivity contribution in [3.8, 4) is 11.1 Å². The molecule has 0 saturated heterocycles. The van der Waals surface area contributed by atoms with Gasteiger partial charge >= 0.3 is 0 Å². The molecule has 3 rings (SSSR count). The van der Waals surface area contributed by atoms with Crippen LogP contribution in [0.1, 0.15) is 16.7 Å². The first-order valence-corrected chi connectivity index (χ1v) is 5.82. The molecule has 0 fully saturated rings. The van der Waals surface area contributed by atoms with Crippen LogP contribution in [0.3, 0.4) is 0 Å². The highest BCUT2D eigenvalue weighted by molar-refractivity contribution is 5.81. The quantitative estimate of drug-likeness (QED) is 0.824. The maximum atomic E-state index is 5.69. The molecule has 1 heteroatoms. The van der Waals surface area contributed by atoms with E-state index in [1.165, 1.54) is 27.8 Å². The third-order valence-electron chi connectivity index (χ3n) is 3.15. The predicted octanol–water partition coefficient (Wildman–Crippen LogP) is 3.39. The number of hydrogen-bond donors (Lipinski definition) is 1. The summed E-state index contributed by atoms with van der Waals surface area (Å²) in [6.07, 6.45) is 6.41. The lowest BCUT2D eigenvalue weighted by molar-refractivity contribution is 1.07. The first kappa shape index (κ1) is 10.3. The first-order valence-electron chi connectivity index (χ1n) is 5.82. The maximum Gasteiger partial charge on any atom is 0.0178 e. The van der Waals surface area contributed by atoms with E-state index >= 15 is 0 Å². The van der Waals surface area contributed by atoms with E-state index in [2.05, 4.69) is 61.0 Å². The predicted molar refractivity (Wildman–Crippen MR) is 72.2 cm³/mol. The Kier molecular flexibility index (Phi) is 2.54. The van der Waals surface area contributed by atoms with E-state index in [1.807, 2.05) is 0 Å². The van der Waals surface area contributed by atoms with Gasteiger partial charge < -0.3 is 5.73 Å². The molecule has 0 atom stereocenters. The van der Waals surface area contributed by atoms with Crippen LogP contribution in [0.4, 0.5) is 0 Å². The number of allylic oxidation sites excluding steroid dienone is 1. The molecule has 0 aliphatic heterocycles. The second kappa shape index (κ2) is 4.19. The molecule has 2 aromatic rings. The van der Waals surface area contributed by atoms with Gasteiger partial charge in [0.2, 0.25) is 0 Å². The molecule has 0 amide bonds. The first-order chi connectivity index (χ1) is 8.38. The van der Waals surface area contributed by atoms with E-state index in [0.717, 1.165) is 0 Å². The van der Waals surface area contributed by atoms with Gasteiger partial charge in [0.25, 0.3) is 0 Å². The van der Waals surface area contributed by atoms with Crippen molar-refractivity contribution >= 4 is 6.08 Å². The molecule has 2 N–H and O–H groups in total. The van der Waals surface area contributed by atoms with Gasteiger partial charge in [-0.1, -0.05) is 48.6 Å². The fourth-order valence-electron chi connectivity index (χ4n) is 2.28. The SMILES string of the molecule is NCc1cccc(-c2cccc3c2C=C[CH]3)c1. The minimum Gasteiger partial charge on any atom is -0.326 e. The molecule has 0 heterocycles. The highest BCUT2D eigenvalue weighted by Crippen LogP contribution is 2.32. The molecule has 0 aromatic heterocycles. The fourth-order valence-corrected chi connectivity index (χ4v) is 2.28. The van der Waals surface area contributed by atoms with E-state index in [9.17, 15) is 0 Å². The van der Waals surface area contributed by atoms with Crippen molar-refractivity contribution in [1.82, 2.24) is 0 Å². The van der Waals surface area contributed by atoms with E-state index in [4.69, 9.17) is 5.73 Å². The molecule has 0 saturated carbocycles. The van der Waals surface area contributed by atoms with Crippen LogP contribution >= 0.6 is 0 Å². The number of rotatable bonds is 2. The van der Waals surface area contributed by atoms with Crippen LogP contribution in [0, 0.1) is 6.42 Å². The van der Waals surface area contributed by atoms with Crippen LogP contribution < -0.4 is 5.73 Å². The minimum atomic E-state index is 0.588. The zero-order chi connectivity index (χ0) is 11.7. The molecule has 1 aliphatic rings. The zero-order valence-corrected chi connectivity index (χ0v) is 9.56. The lowest BCUT2D eigenvalue weighted by atomic mass is 9.96. The highest BCUT2D eigenvalue weighted by Gasteiger charge is 2.10. The van der Waals surface area contributed by atoms with Crippen molar-refractivity contribution in [3.63, 3.8) is 0 Å². The van der Waals surface area contributed by atoms with Crippen LogP contribution in [-0.2, 0) is 6.54 Å². The molecule has 0 bridgehead atoms. The lowest BCUT2D eigenvalue weighted by Crippen LogP contribution is -1.96. The Bertz CT molecular complexity index is 582. The Morgan fingerprint density at radius 2 is 1.88 bits per heavy atom. The molecule has 1 nitrogen and oxygen atoms in total. The fraction of sp³-hybridized carbons (Fsp3) is 0.0625. The summed E-state index contributed by atoms with van der Waals surface area (Å²) in [7, 11) is 0. The van der Waals surface area contributed by atoms with E-state index in [1.54, 1.807) is 0 Å². The molecule has 1 aliphatic carbocycles. The average molecular weight is 220 g/mol. The smallest absolute Gasteiger partial charge is 0.0178 e.